The fourth-order valence-electron chi connectivity index (χ4n) is 0.763. The van der Waals surface area contributed by atoms with Crippen molar-refractivity contribution < 1.29 is 9.53 Å². The summed E-state index contributed by atoms with van der Waals surface area (Å²) in [5, 5.41) is 0. The van der Waals surface area contributed by atoms with Crippen molar-refractivity contribution >= 4 is 5.78 Å². The standard InChI is InChI=1S/C8H17NO2/c1-5(2)8(10)7(9)6(3)11-4/h5-7H,9H2,1-4H3/t6-,7-/m1/s1. The summed E-state index contributed by atoms with van der Waals surface area (Å²) in [6, 6.07) is -0.486. The van der Waals surface area contributed by atoms with Crippen LogP contribution in [0.25, 0.3) is 0 Å². The van der Waals surface area contributed by atoms with Crippen LogP contribution in [0, 0.1) is 5.92 Å². The van der Waals surface area contributed by atoms with Gasteiger partial charge in [-0.15, -0.1) is 0 Å². The molecule has 66 valence electrons. The number of hydrogen-bond acceptors (Lipinski definition) is 3. The van der Waals surface area contributed by atoms with Gasteiger partial charge in [-0.25, -0.2) is 0 Å². The average molecular weight is 159 g/mol. The number of Topliss-reactive ketones (excluding diaryl/α,β-unsaturated/α-hetero) is 1. The Morgan fingerprint density at radius 3 is 2.09 bits per heavy atom. The second kappa shape index (κ2) is 4.46. The first-order valence-electron chi connectivity index (χ1n) is 3.82. The van der Waals surface area contributed by atoms with Crippen molar-refractivity contribution in [2.75, 3.05) is 7.11 Å². The lowest BCUT2D eigenvalue weighted by molar-refractivity contribution is -0.125. The first kappa shape index (κ1) is 10.6. The van der Waals surface area contributed by atoms with E-state index in [4.69, 9.17) is 10.5 Å². The van der Waals surface area contributed by atoms with Crippen molar-refractivity contribution in [2.24, 2.45) is 11.7 Å². The highest BCUT2D eigenvalue weighted by atomic mass is 16.5. The molecule has 11 heavy (non-hydrogen) atoms. The topological polar surface area (TPSA) is 52.3 Å². The number of rotatable bonds is 4. The van der Waals surface area contributed by atoms with E-state index in [0.29, 0.717) is 0 Å². The molecule has 0 unspecified atom stereocenters. The molecule has 0 aromatic carbocycles. The molecule has 0 fully saturated rings. The highest BCUT2D eigenvalue weighted by molar-refractivity contribution is 5.86. The maximum atomic E-state index is 11.2. The fraction of sp³-hybridized carbons (Fsp3) is 0.875. The molecule has 2 N–H and O–H groups in total. The van der Waals surface area contributed by atoms with Crippen molar-refractivity contribution in [3.05, 3.63) is 0 Å². The minimum Gasteiger partial charge on any atom is -0.380 e. The molecule has 0 aromatic heterocycles. The van der Waals surface area contributed by atoms with Crippen molar-refractivity contribution in [1.29, 1.82) is 0 Å². The molecular weight excluding hydrogens is 142 g/mol. The molecule has 3 heteroatoms. The summed E-state index contributed by atoms with van der Waals surface area (Å²) in [4.78, 5) is 11.2. The van der Waals surface area contributed by atoms with Crippen LogP contribution in [-0.2, 0) is 9.53 Å². The number of methoxy groups -OCH3 is 1. The van der Waals surface area contributed by atoms with Crippen LogP contribution in [-0.4, -0.2) is 25.0 Å². The predicted octanol–water partition coefficient (Wildman–Crippen LogP) is 0.574. The lowest BCUT2D eigenvalue weighted by Gasteiger charge is -2.18. The zero-order chi connectivity index (χ0) is 9.02. The molecule has 0 spiro atoms. The van der Waals surface area contributed by atoms with Gasteiger partial charge in [-0.05, 0) is 6.92 Å². The van der Waals surface area contributed by atoms with Gasteiger partial charge in [0.25, 0.3) is 0 Å². The summed E-state index contributed by atoms with van der Waals surface area (Å²) in [7, 11) is 1.55. The Kier molecular flexibility index (Phi) is 4.30. The van der Waals surface area contributed by atoms with Gasteiger partial charge in [0.2, 0.25) is 0 Å². The molecule has 0 bridgehead atoms. The molecule has 0 heterocycles. The number of carbonyl (C=O) groups excluding carboxylic acids is 1. The van der Waals surface area contributed by atoms with Crippen molar-refractivity contribution in [3.8, 4) is 0 Å². The summed E-state index contributed by atoms with van der Waals surface area (Å²) in [5.41, 5.74) is 5.60. The first-order chi connectivity index (χ1) is 5.00. The largest absolute Gasteiger partial charge is 0.380 e. The minimum atomic E-state index is -0.486. The Bertz CT molecular complexity index is 134. The Morgan fingerprint density at radius 2 is 1.82 bits per heavy atom. The molecule has 0 amide bonds. The van der Waals surface area contributed by atoms with Crippen LogP contribution in [0.4, 0.5) is 0 Å². The quantitative estimate of drug-likeness (QED) is 0.652. The van der Waals surface area contributed by atoms with E-state index in [0.717, 1.165) is 0 Å². The third-order valence-corrected chi connectivity index (χ3v) is 1.78. The second-order valence-corrected chi connectivity index (χ2v) is 3.02. The van der Waals surface area contributed by atoms with E-state index in [1.54, 1.807) is 14.0 Å². The number of carbonyl (C=O) groups is 1. The average Bonchev–Trinajstić information content (AvgIpc) is 2.00. The number of hydrogen-bond donors (Lipinski definition) is 1. The summed E-state index contributed by atoms with van der Waals surface area (Å²) >= 11 is 0. The van der Waals surface area contributed by atoms with Gasteiger partial charge in [0.1, 0.15) is 0 Å². The maximum absolute atomic E-state index is 11.2. The van der Waals surface area contributed by atoms with Crippen LogP contribution >= 0.6 is 0 Å². The third kappa shape index (κ3) is 2.99. The Hall–Kier alpha value is -0.410. The van der Waals surface area contributed by atoms with Crippen LogP contribution in [0.5, 0.6) is 0 Å². The normalized spacial score (nSPS) is 16.5. The lowest BCUT2D eigenvalue weighted by atomic mass is 9.99. The van der Waals surface area contributed by atoms with Gasteiger partial charge in [0.05, 0.1) is 12.1 Å². The lowest BCUT2D eigenvalue weighted by Crippen LogP contribution is -2.43. The van der Waals surface area contributed by atoms with E-state index in [1.165, 1.54) is 0 Å². The van der Waals surface area contributed by atoms with Gasteiger partial charge in [-0.2, -0.15) is 0 Å². The second-order valence-electron chi connectivity index (χ2n) is 3.02. The Morgan fingerprint density at radius 1 is 1.36 bits per heavy atom. The van der Waals surface area contributed by atoms with E-state index >= 15 is 0 Å². The fourth-order valence-corrected chi connectivity index (χ4v) is 0.763. The van der Waals surface area contributed by atoms with Crippen LogP contribution in [0.15, 0.2) is 0 Å². The summed E-state index contributed by atoms with van der Waals surface area (Å²) in [5.74, 6) is 0.0435. The van der Waals surface area contributed by atoms with Crippen LogP contribution in [0.2, 0.25) is 0 Å². The monoisotopic (exact) mass is 159 g/mol. The molecule has 0 aliphatic carbocycles. The first-order valence-corrected chi connectivity index (χ1v) is 3.82. The summed E-state index contributed by atoms with van der Waals surface area (Å²) in [6.07, 6.45) is -0.190. The Balaban J connectivity index is 4.02. The van der Waals surface area contributed by atoms with E-state index in [2.05, 4.69) is 0 Å². The van der Waals surface area contributed by atoms with E-state index in [1.807, 2.05) is 13.8 Å². The molecule has 0 rings (SSSR count). The molecule has 0 saturated heterocycles. The molecule has 3 nitrogen and oxygen atoms in total. The van der Waals surface area contributed by atoms with Crippen molar-refractivity contribution in [3.63, 3.8) is 0 Å². The third-order valence-electron chi connectivity index (χ3n) is 1.78. The van der Waals surface area contributed by atoms with Crippen molar-refractivity contribution in [1.82, 2.24) is 0 Å². The smallest absolute Gasteiger partial charge is 0.154 e. The Labute approximate surface area is 67.9 Å². The highest BCUT2D eigenvalue weighted by Gasteiger charge is 2.22. The molecule has 0 aliphatic heterocycles. The molecule has 2 atom stereocenters. The summed E-state index contributed by atoms with van der Waals surface area (Å²) in [6.45, 7) is 5.47. The highest BCUT2D eigenvalue weighted by Crippen LogP contribution is 2.03. The molecular formula is C8H17NO2. The van der Waals surface area contributed by atoms with Gasteiger partial charge >= 0.3 is 0 Å². The maximum Gasteiger partial charge on any atom is 0.154 e. The van der Waals surface area contributed by atoms with E-state index < -0.39 is 6.04 Å². The predicted molar refractivity (Wildman–Crippen MR) is 44.3 cm³/mol. The van der Waals surface area contributed by atoms with Crippen molar-refractivity contribution in [2.45, 2.75) is 32.9 Å². The van der Waals surface area contributed by atoms with Gasteiger partial charge in [-0.3, -0.25) is 4.79 Å². The van der Waals surface area contributed by atoms with Crippen LogP contribution in [0.1, 0.15) is 20.8 Å². The number of ketones is 1. The molecule has 0 saturated carbocycles. The van der Waals surface area contributed by atoms with Gasteiger partial charge in [0, 0.05) is 13.0 Å². The zero-order valence-electron chi connectivity index (χ0n) is 7.63. The SMILES string of the molecule is CO[C@H](C)[C@@H](N)C(=O)C(C)C. The van der Waals surface area contributed by atoms with E-state index in [-0.39, 0.29) is 17.8 Å². The molecule has 0 aromatic rings. The van der Waals surface area contributed by atoms with Gasteiger partial charge in [-0.1, -0.05) is 13.8 Å². The van der Waals surface area contributed by atoms with Crippen LogP contribution in [0.3, 0.4) is 0 Å². The van der Waals surface area contributed by atoms with Crippen LogP contribution < -0.4 is 5.73 Å². The van der Waals surface area contributed by atoms with Gasteiger partial charge in [0.15, 0.2) is 5.78 Å². The number of ether oxygens (including phenoxy) is 1. The molecule has 0 radical (unpaired) electrons. The minimum absolute atomic E-state index is 0.0115. The van der Waals surface area contributed by atoms with E-state index in [9.17, 15) is 4.79 Å². The van der Waals surface area contributed by atoms with Gasteiger partial charge < -0.3 is 10.5 Å². The molecule has 0 aliphatic rings. The number of nitrogens with two attached hydrogens (primary N) is 1. The zero-order valence-corrected chi connectivity index (χ0v) is 7.63. The summed E-state index contributed by atoms with van der Waals surface area (Å²) < 4.78 is 4.94.